The van der Waals surface area contributed by atoms with Crippen molar-refractivity contribution in [1.82, 2.24) is 0 Å². The molecule has 1 fully saturated rings. The van der Waals surface area contributed by atoms with Crippen molar-refractivity contribution >= 4 is 17.3 Å². The number of halogens is 1. The van der Waals surface area contributed by atoms with E-state index in [0.29, 0.717) is 18.8 Å². The maximum atomic E-state index is 13.3. The number of amides is 1. The Balaban J connectivity index is 2.39. The predicted molar refractivity (Wildman–Crippen MR) is 58.7 cm³/mol. The first kappa shape index (κ1) is 10.9. The number of benzene rings is 1. The molecule has 0 aliphatic carbocycles. The number of nitrogens with two attached hydrogens (primary N) is 1. The lowest BCUT2D eigenvalue weighted by molar-refractivity contribution is -0.125. The summed E-state index contributed by atoms with van der Waals surface area (Å²) in [4.78, 5) is 13.1. The molecule has 0 atom stereocenters. The first-order valence-corrected chi connectivity index (χ1v) is 5.03. The van der Waals surface area contributed by atoms with Crippen LogP contribution >= 0.6 is 0 Å². The number of anilines is 2. The maximum absolute atomic E-state index is 13.3. The van der Waals surface area contributed by atoms with Crippen LogP contribution in [0.3, 0.4) is 0 Å². The fourth-order valence-electron chi connectivity index (χ4n) is 1.76. The van der Waals surface area contributed by atoms with Gasteiger partial charge in [-0.2, -0.15) is 0 Å². The Bertz CT molecular complexity index is 434. The monoisotopic (exact) mass is 224 g/mol. The van der Waals surface area contributed by atoms with Gasteiger partial charge in [0.15, 0.2) is 0 Å². The average Bonchev–Trinajstić information content (AvgIpc) is 2.25. The van der Waals surface area contributed by atoms with Gasteiger partial charge in [-0.1, -0.05) is 0 Å². The van der Waals surface area contributed by atoms with E-state index in [0.717, 1.165) is 5.56 Å². The highest BCUT2D eigenvalue weighted by Gasteiger charge is 2.22. The molecule has 0 unspecified atom stereocenters. The second kappa shape index (κ2) is 4.09. The third-order valence-electron chi connectivity index (χ3n) is 2.59. The molecule has 2 N–H and O–H groups in total. The Morgan fingerprint density at radius 2 is 2.25 bits per heavy atom. The van der Waals surface area contributed by atoms with Crippen molar-refractivity contribution in [3.63, 3.8) is 0 Å². The largest absolute Gasteiger partial charge is 0.396 e. The molecule has 1 aliphatic heterocycles. The van der Waals surface area contributed by atoms with Crippen molar-refractivity contribution in [3.8, 4) is 0 Å². The van der Waals surface area contributed by atoms with Gasteiger partial charge in [0, 0.05) is 18.3 Å². The molecule has 1 heterocycles. The normalized spacial score (nSPS) is 16.6. The van der Waals surface area contributed by atoms with E-state index in [1.165, 1.54) is 17.0 Å². The Labute approximate surface area is 92.8 Å². The number of morpholine rings is 1. The van der Waals surface area contributed by atoms with Crippen molar-refractivity contribution in [2.45, 2.75) is 6.92 Å². The van der Waals surface area contributed by atoms with Gasteiger partial charge in [-0.3, -0.25) is 4.79 Å². The average molecular weight is 224 g/mol. The number of nitrogens with zero attached hydrogens (tertiary/aromatic N) is 1. The van der Waals surface area contributed by atoms with E-state index < -0.39 is 5.82 Å². The van der Waals surface area contributed by atoms with Crippen molar-refractivity contribution in [2.75, 3.05) is 30.4 Å². The van der Waals surface area contributed by atoms with Gasteiger partial charge in [0.2, 0.25) is 0 Å². The van der Waals surface area contributed by atoms with E-state index in [1.807, 2.05) is 0 Å². The molecule has 1 saturated heterocycles. The van der Waals surface area contributed by atoms with Crippen LogP contribution in [0.25, 0.3) is 0 Å². The molecule has 1 aromatic rings. The number of aryl methyl sites for hydroxylation is 1. The van der Waals surface area contributed by atoms with Crippen molar-refractivity contribution in [1.29, 1.82) is 0 Å². The van der Waals surface area contributed by atoms with Crippen LogP contribution in [0.1, 0.15) is 5.56 Å². The lowest BCUT2D eigenvalue weighted by Crippen LogP contribution is -2.42. The van der Waals surface area contributed by atoms with Crippen LogP contribution in [-0.4, -0.2) is 25.7 Å². The molecular formula is C11H13FN2O2. The molecule has 2 rings (SSSR count). The van der Waals surface area contributed by atoms with E-state index in [-0.39, 0.29) is 18.2 Å². The number of carbonyl (C=O) groups is 1. The van der Waals surface area contributed by atoms with E-state index in [4.69, 9.17) is 10.5 Å². The smallest absolute Gasteiger partial charge is 0.253 e. The molecule has 4 nitrogen and oxygen atoms in total. The minimum atomic E-state index is -0.500. The Morgan fingerprint density at radius 3 is 2.94 bits per heavy atom. The Hall–Kier alpha value is -1.62. The predicted octanol–water partition coefficient (Wildman–Crippen LogP) is 1.08. The third kappa shape index (κ3) is 1.86. The van der Waals surface area contributed by atoms with E-state index >= 15 is 0 Å². The number of rotatable bonds is 1. The molecule has 1 amide bonds. The van der Waals surface area contributed by atoms with Gasteiger partial charge in [-0.05, 0) is 18.6 Å². The van der Waals surface area contributed by atoms with Gasteiger partial charge in [0.25, 0.3) is 5.91 Å². The Morgan fingerprint density at radius 1 is 1.50 bits per heavy atom. The first-order valence-electron chi connectivity index (χ1n) is 5.03. The van der Waals surface area contributed by atoms with E-state index in [9.17, 15) is 9.18 Å². The molecule has 0 bridgehead atoms. The van der Waals surface area contributed by atoms with E-state index in [1.54, 1.807) is 6.92 Å². The maximum Gasteiger partial charge on any atom is 0.253 e. The fraction of sp³-hybridized carbons (Fsp3) is 0.364. The number of ether oxygens (including phenoxy) is 1. The van der Waals surface area contributed by atoms with Crippen LogP contribution in [-0.2, 0) is 9.53 Å². The van der Waals surface area contributed by atoms with Gasteiger partial charge in [-0.15, -0.1) is 0 Å². The zero-order valence-corrected chi connectivity index (χ0v) is 9.00. The third-order valence-corrected chi connectivity index (χ3v) is 2.59. The SMILES string of the molecule is Cc1cc(N)c(F)cc1N1CCOCC1=O. The van der Waals surface area contributed by atoms with Gasteiger partial charge in [0.1, 0.15) is 12.4 Å². The summed E-state index contributed by atoms with van der Waals surface area (Å²) in [5.41, 5.74) is 6.91. The highest BCUT2D eigenvalue weighted by molar-refractivity contribution is 5.95. The van der Waals surface area contributed by atoms with E-state index in [2.05, 4.69) is 0 Å². The van der Waals surface area contributed by atoms with Crippen LogP contribution in [0, 0.1) is 12.7 Å². The molecule has 5 heteroatoms. The summed E-state index contributed by atoms with van der Waals surface area (Å²) in [6.45, 7) is 2.76. The number of hydrogen-bond donors (Lipinski definition) is 1. The second-order valence-electron chi connectivity index (χ2n) is 3.76. The molecule has 1 aromatic carbocycles. The molecule has 16 heavy (non-hydrogen) atoms. The number of nitrogen functional groups attached to an aromatic ring is 1. The first-order chi connectivity index (χ1) is 7.59. The highest BCUT2D eigenvalue weighted by atomic mass is 19.1. The molecule has 0 saturated carbocycles. The van der Waals surface area contributed by atoms with Crippen LogP contribution < -0.4 is 10.6 Å². The lowest BCUT2D eigenvalue weighted by atomic mass is 10.1. The van der Waals surface area contributed by atoms with Crippen molar-refractivity contribution in [3.05, 3.63) is 23.5 Å². The molecule has 0 radical (unpaired) electrons. The topological polar surface area (TPSA) is 55.6 Å². The standard InChI is InChI=1S/C11H13FN2O2/c1-7-4-9(13)8(12)5-10(7)14-2-3-16-6-11(14)15/h4-5H,2-3,6,13H2,1H3. The van der Waals surface area contributed by atoms with Crippen molar-refractivity contribution < 1.29 is 13.9 Å². The molecular weight excluding hydrogens is 211 g/mol. The van der Waals surface area contributed by atoms with Gasteiger partial charge >= 0.3 is 0 Å². The fourth-order valence-corrected chi connectivity index (χ4v) is 1.76. The quantitative estimate of drug-likeness (QED) is 0.726. The Kier molecular flexibility index (Phi) is 2.78. The zero-order valence-electron chi connectivity index (χ0n) is 9.00. The van der Waals surface area contributed by atoms with Gasteiger partial charge < -0.3 is 15.4 Å². The summed E-state index contributed by atoms with van der Waals surface area (Å²) >= 11 is 0. The number of carbonyl (C=O) groups excluding carboxylic acids is 1. The van der Waals surface area contributed by atoms with Crippen LogP contribution in [0.15, 0.2) is 12.1 Å². The number of hydrogen-bond acceptors (Lipinski definition) is 3. The summed E-state index contributed by atoms with van der Waals surface area (Å²) in [6.07, 6.45) is 0. The van der Waals surface area contributed by atoms with Crippen molar-refractivity contribution in [2.24, 2.45) is 0 Å². The summed E-state index contributed by atoms with van der Waals surface area (Å²) in [6, 6.07) is 2.83. The van der Waals surface area contributed by atoms with Gasteiger partial charge in [0.05, 0.1) is 12.3 Å². The van der Waals surface area contributed by atoms with Gasteiger partial charge in [-0.25, -0.2) is 4.39 Å². The van der Waals surface area contributed by atoms with Crippen LogP contribution in [0.5, 0.6) is 0 Å². The molecule has 86 valence electrons. The zero-order chi connectivity index (χ0) is 11.7. The molecule has 0 aromatic heterocycles. The van der Waals surface area contributed by atoms with Crippen LogP contribution in [0.2, 0.25) is 0 Å². The summed E-state index contributed by atoms with van der Waals surface area (Å²) in [7, 11) is 0. The summed E-state index contributed by atoms with van der Waals surface area (Å²) < 4.78 is 18.4. The minimum absolute atomic E-state index is 0.0471. The molecule has 1 aliphatic rings. The summed E-state index contributed by atoms with van der Waals surface area (Å²) in [5.74, 6) is -0.654. The lowest BCUT2D eigenvalue weighted by Gasteiger charge is -2.28. The molecule has 0 spiro atoms. The second-order valence-corrected chi connectivity index (χ2v) is 3.76. The minimum Gasteiger partial charge on any atom is -0.396 e. The highest BCUT2D eigenvalue weighted by Crippen LogP contribution is 2.26. The van der Waals surface area contributed by atoms with Crippen LogP contribution in [0.4, 0.5) is 15.8 Å². The summed E-state index contributed by atoms with van der Waals surface area (Å²) in [5, 5.41) is 0.